The van der Waals surface area contributed by atoms with Gasteiger partial charge in [-0.1, -0.05) is 12.1 Å². The van der Waals surface area contributed by atoms with Crippen LogP contribution in [0.4, 0.5) is 13.2 Å². The minimum atomic E-state index is -4.46. The lowest BCUT2D eigenvalue weighted by molar-refractivity contribution is -0.149. The van der Waals surface area contributed by atoms with Crippen LogP contribution in [0, 0.1) is 5.92 Å². The molecule has 0 N–H and O–H groups in total. The molecule has 2 rings (SSSR count). The molecule has 0 radical (unpaired) electrons. The number of nitrogens with zero attached hydrogens (tertiary/aromatic N) is 2. The van der Waals surface area contributed by atoms with Crippen molar-refractivity contribution in [2.24, 2.45) is 5.92 Å². The molecule has 1 unspecified atom stereocenters. The van der Waals surface area contributed by atoms with Gasteiger partial charge in [0.2, 0.25) is 11.8 Å². The van der Waals surface area contributed by atoms with Crippen LogP contribution in [0.2, 0.25) is 0 Å². The molecule has 1 aromatic rings. The van der Waals surface area contributed by atoms with Crippen molar-refractivity contribution in [1.82, 2.24) is 9.80 Å². The highest BCUT2D eigenvalue weighted by atomic mass is 19.4. The Morgan fingerprint density at radius 1 is 1.33 bits per heavy atom. The zero-order valence-corrected chi connectivity index (χ0v) is 15.1. The Balaban J connectivity index is 1.99. The summed E-state index contributed by atoms with van der Waals surface area (Å²) in [5.74, 6) is -1.86. The molecule has 27 heavy (non-hydrogen) atoms. The fourth-order valence-electron chi connectivity index (χ4n) is 2.95. The first-order valence-electron chi connectivity index (χ1n) is 8.46. The monoisotopic (exact) mass is 386 g/mol. The largest absolute Gasteiger partial charge is 0.465 e. The molecule has 0 aromatic heterocycles. The van der Waals surface area contributed by atoms with E-state index >= 15 is 0 Å². The number of carbonyl (C=O) groups is 3. The number of likely N-dealkylation sites (N-methyl/N-ethyl adjacent to an activating group) is 1. The molecule has 9 heteroatoms. The van der Waals surface area contributed by atoms with Gasteiger partial charge in [0.05, 0.1) is 18.1 Å². The highest BCUT2D eigenvalue weighted by molar-refractivity contribution is 5.90. The van der Waals surface area contributed by atoms with E-state index in [0.717, 1.165) is 12.1 Å². The summed E-state index contributed by atoms with van der Waals surface area (Å²) >= 11 is 0. The molecule has 1 fully saturated rings. The third kappa shape index (κ3) is 5.45. The van der Waals surface area contributed by atoms with E-state index in [0.29, 0.717) is 5.56 Å². The number of alkyl halides is 3. The van der Waals surface area contributed by atoms with Crippen molar-refractivity contribution in [3.63, 3.8) is 0 Å². The second-order valence-electron chi connectivity index (χ2n) is 6.37. The van der Waals surface area contributed by atoms with Gasteiger partial charge in [-0.3, -0.25) is 14.4 Å². The van der Waals surface area contributed by atoms with Gasteiger partial charge in [-0.25, -0.2) is 0 Å². The smallest absolute Gasteiger partial charge is 0.416 e. The third-order valence-corrected chi connectivity index (χ3v) is 4.24. The van der Waals surface area contributed by atoms with Gasteiger partial charge in [0.1, 0.15) is 6.54 Å². The second kappa shape index (κ2) is 8.41. The molecule has 1 atom stereocenters. The van der Waals surface area contributed by atoms with Gasteiger partial charge >= 0.3 is 12.1 Å². The van der Waals surface area contributed by atoms with E-state index in [-0.39, 0.29) is 44.5 Å². The Kier molecular flexibility index (Phi) is 6.45. The summed E-state index contributed by atoms with van der Waals surface area (Å²) in [4.78, 5) is 38.6. The predicted octanol–water partition coefficient (Wildman–Crippen LogP) is 2.08. The minimum Gasteiger partial charge on any atom is -0.465 e. The molecule has 0 spiro atoms. The van der Waals surface area contributed by atoms with Gasteiger partial charge in [0.25, 0.3) is 0 Å². The first-order valence-corrected chi connectivity index (χ1v) is 8.46. The molecule has 6 nitrogen and oxygen atoms in total. The van der Waals surface area contributed by atoms with Crippen LogP contribution in [0.1, 0.15) is 24.5 Å². The molecule has 1 saturated heterocycles. The number of likely N-dealkylation sites (tertiary alicyclic amines) is 1. The summed E-state index contributed by atoms with van der Waals surface area (Å²) in [5, 5.41) is 0. The summed E-state index contributed by atoms with van der Waals surface area (Å²) in [6.07, 6.45) is -4.50. The molecule has 1 heterocycles. The van der Waals surface area contributed by atoms with Gasteiger partial charge in [-0.2, -0.15) is 13.2 Å². The normalized spacial score (nSPS) is 17.1. The van der Waals surface area contributed by atoms with Crippen molar-refractivity contribution < 1.29 is 32.3 Å². The summed E-state index contributed by atoms with van der Waals surface area (Å²) in [6, 6.07) is 4.75. The number of hydrogen-bond donors (Lipinski definition) is 0. The zero-order valence-electron chi connectivity index (χ0n) is 15.1. The number of amides is 2. The molecule has 0 aliphatic carbocycles. The van der Waals surface area contributed by atoms with Crippen molar-refractivity contribution >= 4 is 17.8 Å². The fourth-order valence-corrected chi connectivity index (χ4v) is 2.95. The SMILES string of the molecule is CCOC(=O)CN(C)C(=O)C1CC(=O)N(Cc2cccc(C(F)(F)F)c2)C1. The van der Waals surface area contributed by atoms with E-state index < -0.39 is 23.6 Å². The maximum Gasteiger partial charge on any atom is 0.416 e. The van der Waals surface area contributed by atoms with Gasteiger partial charge in [0, 0.05) is 26.6 Å². The van der Waals surface area contributed by atoms with Crippen molar-refractivity contribution in [3.05, 3.63) is 35.4 Å². The predicted molar refractivity (Wildman–Crippen MR) is 89.2 cm³/mol. The highest BCUT2D eigenvalue weighted by Gasteiger charge is 2.36. The molecule has 148 valence electrons. The Labute approximate surface area is 154 Å². The van der Waals surface area contributed by atoms with Crippen LogP contribution in [0.25, 0.3) is 0 Å². The molecule has 1 aliphatic rings. The van der Waals surface area contributed by atoms with E-state index in [1.165, 1.54) is 29.0 Å². The molecule has 2 amide bonds. The number of benzene rings is 1. The highest BCUT2D eigenvalue weighted by Crippen LogP contribution is 2.30. The average molecular weight is 386 g/mol. The lowest BCUT2D eigenvalue weighted by atomic mass is 10.1. The minimum absolute atomic E-state index is 0.00583. The van der Waals surface area contributed by atoms with Crippen LogP contribution < -0.4 is 0 Å². The first kappa shape index (κ1) is 20.7. The van der Waals surface area contributed by atoms with Crippen molar-refractivity contribution in [1.29, 1.82) is 0 Å². The molecule has 1 aromatic carbocycles. The van der Waals surface area contributed by atoms with E-state index in [1.807, 2.05) is 0 Å². The van der Waals surface area contributed by atoms with Crippen LogP contribution in [0.15, 0.2) is 24.3 Å². The number of carbonyl (C=O) groups excluding carboxylic acids is 3. The van der Waals surface area contributed by atoms with Crippen LogP contribution in [-0.4, -0.2) is 54.3 Å². The zero-order chi connectivity index (χ0) is 20.2. The molecular weight excluding hydrogens is 365 g/mol. The fraction of sp³-hybridized carbons (Fsp3) is 0.500. The van der Waals surface area contributed by atoms with Crippen molar-refractivity contribution in [2.75, 3.05) is 26.7 Å². The van der Waals surface area contributed by atoms with E-state index in [2.05, 4.69) is 0 Å². The standard InChI is InChI=1S/C18H21F3N2O4/c1-3-27-16(25)11-22(2)17(26)13-8-15(24)23(10-13)9-12-5-4-6-14(7-12)18(19,20)21/h4-7,13H,3,8-11H2,1-2H3. The second-order valence-corrected chi connectivity index (χ2v) is 6.37. The quantitative estimate of drug-likeness (QED) is 0.702. The number of ether oxygens (including phenoxy) is 1. The number of halogens is 3. The van der Waals surface area contributed by atoms with E-state index in [9.17, 15) is 27.6 Å². The Morgan fingerprint density at radius 3 is 2.67 bits per heavy atom. The molecule has 0 saturated carbocycles. The Hall–Kier alpha value is -2.58. The van der Waals surface area contributed by atoms with Crippen LogP contribution in [0.5, 0.6) is 0 Å². The lowest BCUT2D eigenvalue weighted by Gasteiger charge is -2.21. The summed E-state index contributed by atoms with van der Waals surface area (Å²) in [6.45, 7) is 1.73. The Morgan fingerprint density at radius 2 is 2.04 bits per heavy atom. The molecular formula is C18H21F3N2O4. The van der Waals surface area contributed by atoms with Gasteiger partial charge in [-0.05, 0) is 24.6 Å². The summed E-state index contributed by atoms with van der Waals surface area (Å²) in [5.41, 5.74) is -0.445. The van der Waals surface area contributed by atoms with Crippen molar-refractivity contribution in [2.45, 2.75) is 26.1 Å². The molecule has 1 aliphatic heterocycles. The topological polar surface area (TPSA) is 66.9 Å². The van der Waals surface area contributed by atoms with Crippen LogP contribution in [0.3, 0.4) is 0 Å². The number of hydrogen-bond acceptors (Lipinski definition) is 4. The van der Waals surface area contributed by atoms with Gasteiger partial charge in [-0.15, -0.1) is 0 Å². The third-order valence-electron chi connectivity index (χ3n) is 4.24. The van der Waals surface area contributed by atoms with Gasteiger partial charge < -0.3 is 14.5 Å². The first-order chi connectivity index (χ1) is 12.6. The van der Waals surface area contributed by atoms with Gasteiger partial charge in [0.15, 0.2) is 0 Å². The number of rotatable bonds is 6. The summed E-state index contributed by atoms with van der Waals surface area (Å²) < 4.78 is 43.2. The maximum absolute atomic E-state index is 12.8. The van der Waals surface area contributed by atoms with E-state index in [4.69, 9.17) is 4.74 Å². The van der Waals surface area contributed by atoms with Crippen LogP contribution >= 0.6 is 0 Å². The average Bonchev–Trinajstić information content (AvgIpc) is 2.94. The van der Waals surface area contributed by atoms with Crippen molar-refractivity contribution in [3.8, 4) is 0 Å². The summed E-state index contributed by atoms with van der Waals surface area (Å²) in [7, 11) is 1.44. The maximum atomic E-state index is 12.8. The Bertz CT molecular complexity index is 721. The van der Waals surface area contributed by atoms with Crippen LogP contribution in [-0.2, 0) is 31.8 Å². The van der Waals surface area contributed by atoms with E-state index in [1.54, 1.807) is 6.92 Å². The lowest BCUT2D eigenvalue weighted by Crippen LogP contribution is -2.38. The number of esters is 1. The molecule has 0 bridgehead atoms.